The van der Waals surface area contributed by atoms with Gasteiger partial charge in [-0.25, -0.2) is 9.28 Å². The van der Waals surface area contributed by atoms with E-state index in [1.807, 2.05) is 52.0 Å². The number of benzene rings is 2. The first kappa shape index (κ1) is 21.4. The van der Waals surface area contributed by atoms with Crippen LogP contribution in [-0.4, -0.2) is 64.5 Å². The molecular formula is C25H31N2O4+. The van der Waals surface area contributed by atoms with E-state index in [-0.39, 0.29) is 29.1 Å². The van der Waals surface area contributed by atoms with Gasteiger partial charge in [0.05, 0.1) is 12.6 Å². The number of carbonyl (C=O) groups is 2. The van der Waals surface area contributed by atoms with Gasteiger partial charge in [0.25, 0.3) is 0 Å². The van der Waals surface area contributed by atoms with Crippen LogP contribution < -0.4 is 0 Å². The van der Waals surface area contributed by atoms with Crippen LogP contribution >= 0.6 is 0 Å². The molecule has 1 aliphatic carbocycles. The number of amides is 2. The number of ether oxygens (including phenoxy) is 1. The number of piperazine rings is 1. The highest BCUT2D eigenvalue weighted by Gasteiger charge is 2.52. The number of hydrogen-bond donors (Lipinski definition) is 1. The lowest BCUT2D eigenvalue weighted by atomic mass is 9.97. The average Bonchev–Trinajstić information content (AvgIpc) is 3.05. The smallest absolute Gasteiger partial charge is 0.448 e. The summed E-state index contributed by atoms with van der Waals surface area (Å²) in [6.45, 7) is 9.10. The third-order valence-corrected chi connectivity index (χ3v) is 7.05. The SMILES string of the molecule is C[C@H]1C[N+](C(=O)O)(C(C)(C)C)CCN1C(=O)OCC1c2ccccc2-c2ccccc21. The number of fused-ring (bicyclic) bond motifs is 3. The molecule has 2 atom stereocenters. The zero-order valence-electron chi connectivity index (χ0n) is 18.7. The quantitative estimate of drug-likeness (QED) is 0.696. The highest BCUT2D eigenvalue weighted by molar-refractivity contribution is 5.79. The molecule has 6 nitrogen and oxygen atoms in total. The molecule has 2 amide bonds. The minimum atomic E-state index is -0.841. The lowest BCUT2D eigenvalue weighted by Gasteiger charge is -2.50. The Morgan fingerprint density at radius 1 is 1.06 bits per heavy atom. The van der Waals surface area contributed by atoms with Crippen molar-refractivity contribution >= 4 is 12.2 Å². The molecule has 2 aromatic rings. The molecule has 31 heavy (non-hydrogen) atoms. The molecule has 0 aromatic heterocycles. The van der Waals surface area contributed by atoms with Gasteiger partial charge >= 0.3 is 12.2 Å². The number of hydrogen-bond acceptors (Lipinski definition) is 3. The van der Waals surface area contributed by atoms with Crippen molar-refractivity contribution in [2.24, 2.45) is 0 Å². The Bertz CT molecular complexity index is 967. The van der Waals surface area contributed by atoms with E-state index < -0.39 is 11.6 Å². The topological polar surface area (TPSA) is 66.8 Å². The Hall–Kier alpha value is -2.86. The second kappa shape index (κ2) is 7.68. The van der Waals surface area contributed by atoms with E-state index in [1.54, 1.807) is 4.90 Å². The van der Waals surface area contributed by atoms with Gasteiger partial charge in [-0.05, 0) is 49.9 Å². The van der Waals surface area contributed by atoms with Crippen molar-refractivity contribution in [2.45, 2.75) is 45.2 Å². The largest absolute Gasteiger partial charge is 0.514 e. The molecule has 1 N–H and O–H groups in total. The Labute approximate surface area is 183 Å². The molecular weight excluding hydrogens is 392 g/mol. The van der Waals surface area contributed by atoms with Crippen molar-refractivity contribution in [1.82, 2.24) is 4.90 Å². The summed E-state index contributed by atoms with van der Waals surface area (Å²) >= 11 is 0. The number of carbonyl (C=O) groups excluding carboxylic acids is 1. The van der Waals surface area contributed by atoms with Crippen LogP contribution in [0.5, 0.6) is 0 Å². The van der Waals surface area contributed by atoms with Gasteiger partial charge in [-0.15, -0.1) is 0 Å². The highest BCUT2D eigenvalue weighted by atomic mass is 16.6. The van der Waals surface area contributed by atoms with Crippen molar-refractivity contribution in [3.8, 4) is 11.1 Å². The Kier molecular flexibility index (Phi) is 5.30. The van der Waals surface area contributed by atoms with Crippen LogP contribution in [0.2, 0.25) is 0 Å². The number of rotatable bonds is 2. The fourth-order valence-corrected chi connectivity index (χ4v) is 5.16. The van der Waals surface area contributed by atoms with Crippen molar-refractivity contribution < 1.29 is 23.9 Å². The maximum Gasteiger partial charge on any atom is 0.514 e. The lowest BCUT2D eigenvalue weighted by molar-refractivity contribution is -0.909. The summed E-state index contributed by atoms with van der Waals surface area (Å²) in [7, 11) is 0. The summed E-state index contributed by atoms with van der Waals surface area (Å²) in [5, 5.41) is 9.94. The second-order valence-electron chi connectivity index (χ2n) is 9.67. The minimum Gasteiger partial charge on any atom is -0.448 e. The van der Waals surface area contributed by atoms with E-state index in [9.17, 15) is 14.7 Å². The second-order valence-corrected chi connectivity index (χ2v) is 9.67. The van der Waals surface area contributed by atoms with Crippen LogP contribution in [0.15, 0.2) is 48.5 Å². The fourth-order valence-electron chi connectivity index (χ4n) is 5.16. The first-order valence-corrected chi connectivity index (χ1v) is 10.9. The normalized spacial score (nSPS) is 23.2. The van der Waals surface area contributed by atoms with E-state index in [0.717, 1.165) is 0 Å². The van der Waals surface area contributed by atoms with Crippen LogP contribution in [0, 0.1) is 0 Å². The zero-order valence-corrected chi connectivity index (χ0v) is 18.7. The van der Waals surface area contributed by atoms with Crippen LogP contribution in [-0.2, 0) is 4.74 Å². The standard InChI is InChI=1S/C25H30N2O4/c1-17-15-27(24(29)30,25(2,3)4)14-13-26(17)23(28)31-16-22-20-11-7-5-9-18(20)19-10-6-8-12-21(19)22/h5-12,17,22H,13-16H2,1-4H3/p+1/t17-,27?/m0/s1. The molecule has 0 saturated carbocycles. The Morgan fingerprint density at radius 3 is 2.10 bits per heavy atom. The Balaban J connectivity index is 1.48. The minimum absolute atomic E-state index is 0.0138. The van der Waals surface area contributed by atoms with E-state index in [0.29, 0.717) is 19.6 Å². The molecule has 0 radical (unpaired) electrons. The van der Waals surface area contributed by atoms with E-state index in [1.165, 1.54) is 22.3 Å². The van der Waals surface area contributed by atoms with Crippen molar-refractivity contribution in [1.29, 1.82) is 0 Å². The van der Waals surface area contributed by atoms with Gasteiger partial charge in [-0.1, -0.05) is 48.5 Å². The van der Waals surface area contributed by atoms with Crippen LogP contribution in [0.25, 0.3) is 11.1 Å². The molecule has 1 unspecified atom stereocenters. The van der Waals surface area contributed by atoms with Gasteiger partial charge < -0.3 is 9.84 Å². The molecule has 1 saturated heterocycles. The van der Waals surface area contributed by atoms with Gasteiger partial charge in [0.15, 0.2) is 0 Å². The summed E-state index contributed by atoms with van der Waals surface area (Å²) < 4.78 is 5.74. The molecule has 1 heterocycles. The first-order valence-electron chi connectivity index (χ1n) is 10.9. The summed E-state index contributed by atoms with van der Waals surface area (Å²) in [4.78, 5) is 26.8. The maximum atomic E-state index is 13.0. The molecule has 2 aliphatic rings. The van der Waals surface area contributed by atoms with Crippen molar-refractivity contribution in [2.75, 3.05) is 26.2 Å². The van der Waals surface area contributed by atoms with Gasteiger partial charge in [0.2, 0.25) is 0 Å². The lowest BCUT2D eigenvalue weighted by Crippen LogP contribution is -2.72. The first-order chi connectivity index (χ1) is 14.7. The van der Waals surface area contributed by atoms with Gasteiger partial charge in [-0.2, -0.15) is 4.79 Å². The molecule has 1 fully saturated rings. The molecule has 4 rings (SSSR count). The van der Waals surface area contributed by atoms with Gasteiger partial charge in [-0.3, -0.25) is 4.90 Å². The highest BCUT2D eigenvalue weighted by Crippen LogP contribution is 2.44. The average molecular weight is 424 g/mol. The maximum absolute atomic E-state index is 13.0. The monoisotopic (exact) mass is 423 g/mol. The van der Waals surface area contributed by atoms with E-state index in [4.69, 9.17) is 4.74 Å². The van der Waals surface area contributed by atoms with Crippen molar-refractivity contribution in [3.05, 3.63) is 59.7 Å². The Morgan fingerprint density at radius 2 is 1.61 bits per heavy atom. The van der Waals surface area contributed by atoms with Crippen LogP contribution in [0.4, 0.5) is 9.59 Å². The predicted octanol–water partition coefficient (Wildman–Crippen LogP) is 4.93. The third kappa shape index (κ3) is 3.49. The molecule has 2 aromatic carbocycles. The number of carboxylic acid groups (broad SMARTS) is 1. The molecule has 164 valence electrons. The van der Waals surface area contributed by atoms with E-state index >= 15 is 0 Å². The van der Waals surface area contributed by atoms with Crippen molar-refractivity contribution in [3.63, 3.8) is 0 Å². The van der Waals surface area contributed by atoms with Gasteiger partial charge in [0, 0.05) is 5.92 Å². The van der Waals surface area contributed by atoms with Crippen LogP contribution in [0.1, 0.15) is 44.7 Å². The summed E-state index contributed by atoms with van der Waals surface area (Å²) in [6, 6.07) is 16.3. The summed E-state index contributed by atoms with van der Waals surface area (Å²) in [5.74, 6) is 0.0138. The third-order valence-electron chi connectivity index (χ3n) is 7.05. The zero-order chi connectivity index (χ0) is 22.4. The fraction of sp³-hybridized carbons (Fsp3) is 0.440. The van der Waals surface area contributed by atoms with E-state index in [2.05, 4.69) is 24.3 Å². The van der Waals surface area contributed by atoms with Crippen LogP contribution in [0.3, 0.4) is 0 Å². The number of quaternary nitrogens is 1. The summed E-state index contributed by atoms with van der Waals surface area (Å²) in [6.07, 6.45) is -1.21. The molecule has 0 bridgehead atoms. The number of nitrogens with zero attached hydrogens (tertiary/aromatic N) is 2. The molecule has 1 aliphatic heterocycles. The molecule has 6 heteroatoms. The molecule has 0 spiro atoms. The van der Waals surface area contributed by atoms with Gasteiger partial charge in [0.1, 0.15) is 25.2 Å². The predicted molar refractivity (Wildman–Crippen MR) is 119 cm³/mol. The summed E-state index contributed by atoms with van der Waals surface area (Å²) in [5.41, 5.74) is 4.29.